The monoisotopic (exact) mass is 301 g/mol. The van der Waals surface area contributed by atoms with Gasteiger partial charge in [-0.15, -0.1) is 0 Å². The molecule has 0 fully saturated rings. The summed E-state index contributed by atoms with van der Waals surface area (Å²) in [4.78, 5) is 0. The van der Waals surface area contributed by atoms with E-state index in [0.29, 0.717) is 24.3 Å². The highest BCUT2D eigenvalue weighted by Crippen LogP contribution is 2.29. The van der Waals surface area contributed by atoms with Gasteiger partial charge in [-0.1, -0.05) is 26.3 Å². The van der Waals surface area contributed by atoms with Crippen LogP contribution in [0, 0.1) is 5.92 Å². The van der Waals surface area contributed by atoms with Crippen LogP contribution in [-0.2, 0) is 6.54 Å². The highest BCUT2D eigenvalue weighted by molar-refractivity contribution is 5.43. The third kappa shape index (κ3) is 6.29. The standard InChI is InChI=1S/C16H25F2NO2/c1-5-11(2)8-12(3)19-10-13-6-7-14(20-4)15(9-13)21-16(17)18/h6-7,9,11-12,16,19H,5,8,10H2,1-4H3. The lowest BCUT2D eigenvalue weighted by atomic mass is 10.0. The summed E-state index contributed by atoms with van der Waals surface area (Å²) in [5.74, 6) is 1.05. The largest absolute Gasteiger partial charge is 0.493 e. The molecule has 0 amide bonds. The van der Waals surface area contributed by atoms with Crippen molar-refractivity contribution in [2.75, 3.05) is 7.11 Å². The first kappa shape index (κ1) is 17.7. The van der Waals surface area contributed by atoms with Gasteiger partial charge in [-0.05, 0) is 37.0 Å². The molecule has 0 aliphatic carbocycles. The van der Waals surface area contributed by atoms with Crippen LogP contribution < -0.4 is 14.8 Å². The molecule has 0 aromatic heterocycles. The van der Waals surface area contributed by atoms with Gasteiger partial charge in [0.05, 0.1) is 7.11 Å². The maximum Gasteiger partial charge on any atom is 0.387 e. The van der Waals surface area contributed by atoms with E-state index in [0.717, 1.165) is 18.4 Å². The summed E-state index contributed by atoms with van der Waals surface area (Å²) < 4.78 is 34.2. The molecule has 3 nitrogen and oxygen atoms in total. The average Bonchev–Trinajstić information content (AvgIpc) is 2.44. The minimum Gasteiger partial charge on any atom is -0.493 e. The molecule has 120 valence electrons. The zero-order valence-electron chi connectivity index (χ0n) is 13.2. The van der Waals surface area contributed by atoms with Crippen LogP contribution in [-0.4, -0.2) is 19.8 Å². The Labute approximate surface area is 125 Å². The van der Waals surface area contributed by atoms with E-state index < -0.39 is 6.61 Å². The fourth-order valence-corrected chi connectivity index (χ4v) is 2.16. The molecule has 0 heterocycles. The van der Waals surface area contributed by atoms with Crippen molar-refractivity contribution >= 4 is 0 Å². The smallest absolute Gasteiger partial charge is 0.387 e. The molecule has 0 saturated carbocycles. The van der Waals surface area contributed by atoms with Crippen LogP contribution in [0.4, 0.5) is 8.78 Å². The normalized spacial score (nSPS) is 14.0. The number of methoxy groups -OCH3 is 1. The molecule has 0 spiro atoms. The number of alkyl halides is 2. The molecule has 1 aromatic carbocycles. The second kappa shape index (κ2) is 8.82. The van der Waals surface area contributed by atoms with Gasteiger partial charge in [0.2, 0.25) is 0 Å². The molecule has 2 unspecified atom stereocenters. The third-order valence-electron chi connectivity index (χ3n) is 3.55. The summed E-state index contributed by atoms with van der Waals surface area (Å²) in [6, 6.07) is 5.46. The number of ether oxygens (including phenoxy) is 2. The van der Waals surface area contributed by atoms with Crippen LogP contribution in [0.5, 0.6) is 11.5 Å². The van der Waals surface area contributed by atoms with E-state index in [9.17, 15) is 8.78 Å². The maximum atomic E-state index is 12.4. The Kier molecular flexibility index (Phi) is 7.43. The van der Waals surface area contributed by atoms with Crippen molar-refractivity contribution in [2.24, 2.45) is 5.92 Å². The first-order chi connectivity index (χ1) is 9.96. The molecule has 5 heteroatoms. The lowest BCUT2D eigenvalue weighted by Gasteiger charge is -2.18. The fraction of sp³-hybridized carbons (Fsp3) is 0.625. The Balaban J connectivity index is 2.63. The number of rotatable bonds is 9. The maximum absolute atomic E-state index is 12.4. The van der Waals surface area contributed by atoms with Gasteiger partial charge in [-0.2, -0.15) is 8.78 Å². The van der Waals surface area contributed by atoms with Crippen LogP contribution in [0.1, 0.15) is 39.2 Å². The molecule has 0 saturated heterocycles. The molecule has 2 atom stereocenters. The average molecular weight is 301 g/mol. The minimum atomic E-state index is -2.86. The Morgan fingerprint density at radius 3 is 2.48 bits per heavy atom. The molecular weight excluding hydrogens is 276 g/mol. The molecule has 21 heavy (non-hydrogen) atoms. The van der Waals surface area contributed by atoms with E-state index in [4.69, 9.17) is 4.74 Å². The highest BCUT2D eigenvalue weighted by Gasteiger charge is 2.12. The SMILES string of the molecule is CCC(C)CC(C)NCc1ccc(OC)c(OC(F)F)c1. The summed E-state index contributed by atoms with van der Waals surface area (Å²) in [6.45, 7) is 4.29. The van der Waals surface area contributed by atoms with Gasteiger partial charge < -0.3 is 14.8 Å². The van der Waals surface area contributed by atoms with E-state index in [1.165, 1.54) is 7.11 Å². The Bertz CT molecular complexity index is 427. The lowest BCUT2D eigenvalue weighted by Crippen LogP contribution is -2.27. The summed E-state index contributed by atoms with van der Waals surface area (Å²) in [5, 5.41) is 3.40. The Hall–Kier alpha value is -1.36. The van der Waals surface area contributed by atoms with Crippen molar-refractivity contribution in [3.63, 3.8) is 0 Å². The fourth-order valence-electron chi connectivity index (χ4n) is 2.16. The van der Waals surface area contributed by atoms with E-state index >= 15 is 0 Å². The summed E-state index contributed by atoms with van der Waals surface area (Å²) in [7, 11) is 1.43. The number of hydrogen-bond acceptors (Lipinski definition) is 3. The zero-order chi connectivity index (χ0) is 15.8. The van der Waals surface area contributed by atoms with Crippen LogP contribution in [0.2, 0.25) is 0 Å². The van der Waals surface area contributed by atoms with Crippen molar-refractivity contribution in [2.45, 2.75) is 52.8 Å². The van der Waals surface area contributed by atoms with Gasteiger partial charge in [0, 0.05) is 12.6 Å². The van der Waals surface area contributed by atoms with Crippen LogP contribution >= 0.6 is 0 Å². The molecule has 1 N–H and O–H groups in total. The van der Waals surface area contributed by atoms with Crippen LogP contribution in [0.3, 0.4) is 0 Å². The topological polar surface area (TPSA) is 30.5 Å². The lowest BCUT2D eigenvalue weighted by molar-refractivity contribution is -0.0512. The minimum absolute atomic E-state index is 0.0707. The predicted molar refractivity (Wildman–Crippen MR) is 80.0 cm³/mol. The van der Waals surface area contributed by atoms with E-state index in [2.05, 4.69) is 30.8 Å². The van der Waals surface area contributed by atoms with Crippen molar-refractivity contribution in [1.82, 2.24) is 5.32 Å². The Morgan fingerprint density at radius 1 is 1.19 bits per heavy atom. The third-order valence-corrected chi connectivity index (χ3v) is 3.55. The summed E-state index contributed by atoms with van der Waals surface area (Å²) in [6.07, 6.45) is 2.24. The molecule has 1 rings (SSSR count). The molecule has 1 aromatic rings. The number of benzene rings is 1. The quantitative estimate of drug-likeness (QED) is 0.741. The van der Waals surface area contributed by atoms with Gasteiger partial charge in [0.1, 0.15) is 0 Å². The number of hydrogen-bond donors (Lipinski definition) is 1. The second-order valence-electron chi connectivity index (χ2n) is 5.39. The van der Waals surface area contributed by atoms with Gasteiger partial charge >= 0.3 is 6.61 Å². The van der Waals surface area contributed by atoms with Crippen molar-refractivity contribution in [3.05, 3.63) is 23.8 Å². The van der Waals surface area contributed by atoms with Gasteiger partial charge in [-0.25, -0.2) is 0 Å². The van der Waals surface area contributed by atoms with Crippen LogP contribution in [0.25, 0.3) is 0 Å². The molecule has 0 aliphatic heterocycles. The predicted octanol–water partition coefficient (Wildman–Crippen LogP) is 4.21. The summed E-state index contributed by atoms with van der Waals surface area (Å²) in [5.41, 5.74) is 0.891. The second-order valence-corrected chi connectivity index (χ2v) is 5.39. The summed E-state index contributed by atoms with van der Waals surface area (Å²) >= 11 is 0. The van der Waals surface area contributed by atoms with Gasteiger partial charge in [-0.3, -0.25) is 0 Å². The van der Waals surface area contributed by atoms with E-state index in [1.54, 1.807) is 12.1 Å². The highest BCUT2D eigenvalue weighted by atomic mass is 19.3. The van der Waals surface area contributed by atoms with Gasteiger partial charge in [0.25, 0.3) is 0 Å². The van der Waals surface area contributed by atoms with Gasteiger partial charge in [0.15, 0.2) is 11.5 Å². The van der Waals surface area contributed by atoms with Crippen molar-refractivity contribution in [1.29, 1.82) is 0 Å². The van der Waals surface area contributed by atoms with Crippen LogP contribution in [0.15, 0.2) is 18.2 Å². The van der Waals surface area contributed by atoms with E-state index in [-0.39, 0.29) is 5.75 Å². The molecule has 0 bridgehead atoms. The Morgan fingerprint density at radius 2 is 1.90 bits per heavy atom. The van der Waals surface area contributed by atoms with Crippen molar-refractivity contribution < 1.29 is 18.3 Å². The molecule has 0 radical (unpaired) electrons. The van der Waals surface area contributed by atoms with E-state index in [1.807, 2.05) is 6.07 Å². The van der Waals surface area contributed by atoms with Crippen molar-refractivity contribution in [3.8, 4) is 11.5 Å². The molecular formula is C16H25F2NO2. The molecule has 0 aliphatic rings. The number of nitrogens with one attached hydrogen (secondary N) is 1. The first-order valence-electron chi connectivity index (χ1n) is 7.31. The number of halogens is 2. The first-order valence-corrected chi connectivity index (χ1v) is 7.31. The zero-order valence-corrected chi connectivity index (χ0v) is 13.2.